The SMILES string of the molecule is CCN(CC)C(=O)C(Sc1nnc(-c2ccco2)n1N)c1ccccc1. The molecule has 2 N–H and O–H groups in total. The van der Waals surface area contributed by atoms with Gasteiger partial charge in [0.05, 0.1) is 6.26 Å². The lowest BCUT2D eigenvalue weighted by atomic mass is 10.1. The van der Waals surface area contributed by atoms with Crippen LogP contribution in [0, 0.1) is 0 Å². The Bertz CT molecular complexity index is 844. The number of aromatic nitrogens is 3. The summed E-state index contributed by atoms with van der Waals surface area (Å²) in [6.45, 7) is 5.22. The number of benzene rings is 1. The van der Waals surface area contributed by atoms with E-state index in [9.17, 15) is 4.79 Å². The van der Waals surface area contributed by atoms with Gasteiger partial charge < -0.3 is 15.2 Å². The van der Waals surface area contributed by atoms with Gasteiger partial charge in [-0.25, -0.2) is 4.68 Å². The molecule has 0 radical (unpaired) electrons. The van der Waals surface area contributed by atoms with Crippen LogP contribution in [-0.4, -0.2) is 38.8 Å². The fourth-order valence-corrected chi connectivity index (χ4v) is 3.67. The Morgan fingerprint density at radius 1 is 1.19 bits per heavy atom. The van der Waals surface area contributed by atoms with Crippen molar-refractivity contribution in [3.05, 3.63) is 54.3 Å². The minimum Gasteiger partial charge on any atom is -0.461 e. The number of hydrogen-bond donors (Lipinski definition) is 1. The van der Waals surface area contributed by atoms with Gasteiger partial charge in [0.1, 0.15) is 5.25 Å². The maximum Gasteiger partial charge on any atom is 0.240 e. The highest BCUT2D eigenvalue weighted by molar-refractivity contribution is 8.00. The van der Waals surface area contributed by atoms with E-state index < -0.39 is 5.25 Å². The van der Waals surface area contributed by atoms with Crippen LogP contribution >= 0.6 is 11.8 Å². The van der Waals surface area contributed by atoms with E-state index in [1.165, 1.54) is 16.4 Å². The molecule has 1 amide bonds. The van der Waals surface area contributed by atoms with Crippen LogP contribution in [-0.2, 0) is 4.79 Å². The molecule has 8 heteroatoms. The molecule has 2 heterocycles. The number of carbonyl (C=O) groups is 1. The number of nitrogens with zero attached hydrogens (tertiary/aromatic N) is 4. The smallest absolute Gasteiger partial charge is 0.240 e. The lowest BCUT2D eigenvalue weighted by Crippen LogP contribution is -2.34. The van der Waals surface area contributed by atoms with Gasteiger partial charge in [0.2, 0.25) is 16.9 Å². The first-order valence-corrected chi connectivity index (χ1v) is 9.28. The van der Waals surface area contributed by atoms with Crippen molar-refractivity contribution >= 4 is 17.7 Å². The first-order chi connectivity index (χ1) is 12.7. The summed E-state index contributed by atoms with van der Waals surface area (Å²) in [5.74, 6) is 7.11. The second-order valence-corrected chi connectivity index (χ2v) is 6.64. The Labute approximate surface area is 156 Å². The van der Waals surface area contributed by atoms with Crippen molar-refractivity contribution in [3.63, 3.8) is 0 Å². The van der Waals surface area contributed by atoms with Crippen molar-refractivity contribution in [2.24, 2.45) is 0 Å². The monoisotopic (exact) mass is 371 g/mol. The molecule has 3 aromatic rings. The Morgan fingerprint density at radius 2 is 1.92 bits per heavy atom. The first-order valence-electron chi connectivity index (χ1n) is 8.40. The van der Waals surface area contributed by atoms with E-state index in [0.717, 1.165) is 5.56 Å². The van der Waals surface area contributed by atoms with E-state index >= 15 is 0 Å². The van der Waals surface area contributed by atoms with Gasteiger partial charge in [-0.1, -0.05) is 42.1 Å². The molecule has 2 aromatic heterocycles. The molecule has 0 bridgehead atoms. The first kappa shape index (κ1) is 18.1. The van der Waals surface area contributed by atoms with Gasteiger partial charge in [-0.15, -0.1) is 10.2 Å². The Balaban J connectivity index is 1.93. The third-order valence-corrected chi connectivity index (χ3v) is 5.23. The molecule has 0 spiro atoms. The fourth-order valence-electron chi connectivity index (χ4n) is 2.63. The van der Waals surface area contributed by atoms with Crippen LogP contribution in [0.1, 0.15) is 24.7 Å². The molecule has 0 saturated heterocycles. The highest BCUT2D eigenvalue weighted by atomic mass is 32.2. The van der Waals surface area contributed by atoms with Crippen LogP contribution in [0.5, 0.6) is 0 Å². The zero-order chi connectivity index (χ0) is 18.5. The number of carbonyl (C=O) groups excluding carboxylic acids is 1. The average Bonchev–Trinajstić information content (AvgIpc) is 3.31. The quantitative estimate of drug-likeness (QED) is 0.507. The minimum atomic E-state index is -0.452. The van der Waals surface area contributed by atoms with E-state index in [4.69, 9.17) is 10.3 Å². The second-order valence-electron chi connectivity index (χ2n) is 5.57. The third kappa shape index (κ3) is 3.60. The molecule has 26 heavy (non-hydrogen) atoms. The summed E-state index contributed by atoms with van der Waals surface area (Å²) in [4.78, 5) is 14.8. The maximum absolute atomic E-state index is 13.0. The molecule has 0 aliphatic rings. The molecule has 1 unspecified atom stereocenters. The van der Waals surface area contributed by atoms with Gasteiger partial charge in [0.25, 0.3) is 0 Å². The number of likely N-dealkylation sites (N-methyl/N-ethyl adjacent to an activating group) is 1. The summed E-state index contributed by atoms with van der Waals surface area (Å²) in [5.41, 5.74) is 0.900. The van der Waals surface area contributed by atoms with Crippen LogP contribution < -0.4 is 5.84 Å². The predicted molar refractivity (Wildman–Crippen MR) is 101 cm³/mol. The minimum absolute atomic E-state index is 0.0220. The Hall–Kier alpha value is -2.74. The van der Waals surface area contributed by atoms with Crippen molar-refractivity contribution in [2.45, 2.75) is 24.3 Å². The summed E-state index contributed by atoms with van der Waals surface area (Å²) in [5, 5.41) is 8.25. The van der Waals surface area contributed by atoms with Gasteiger partial charge in [-0.2, -0.15) is 0 Å². The van der Waals surface area contributed by atoms with Crippen LogP contribution in [0.3, 0.4) is 0 Å². The highest BCUT2D eigenvalue weighted by Crippen LogP contribution is 2.36. The molecule has 0 aliphatic carbocycles. The summed E-state index contributed by atoms with van der Waals surface area (Å²) in [6.07, 6.45) is 1.55. The van der Waals surface area contributed by atoms with Crippen molar-refractivity contribution in [1.29, 1.82) is 0 Å². The normalized spacial score (nSPS) is 12.1. The number of furan rings is 1. The second kappa shape index (κ2) is 8.09. The molecular weight excluding hydrogens is 350 g/mol. The molecular formula is C18H21N5O2S. The van der Waals surface area contributed by atoms with Crippen LogP contribution in [0.2, 0.25) is 0 Å². The van der Waals surface area contributed by atoms with Crippen LogP contribution in [0.15, 0.2) is 58.3 Å². The molecule has 0 aliphatic heterocycles. The van der Waals surface area contributed by atoms with E-state index in [-0.39, 0.29) is 5.91 Å². The molecule has 0 fully saturated rings. The highest BCUT2D eigenvalue weighted by Gasteiger charge is 2.28. The van der Waals surface area contributed by atoms with Crippen molar-refractivity contribution < 1.29 is 9.21 Å². The standard InChI is InChI=1S/C18H21N5O2S/c1-3-22(4-2)17(24)15(13-9-6-5-7-10-13)26-18-21-20-16(23(18)19)14-11-8-12-25-14/h5-12,15H,3-4,19H2,1-2H3. The number of amides is 1. The molecule has 1 atom stereocenters. The van der Waals surface area contributed by atoms with E-state index in [1.54, 1.807) is 23.3 Å². The van der Waals surface area contributed by atoms with Crippen molar-refractivity contribution in [1.82, 2.24) is 19.8 Å². The molecule has 0 saturated carbocycles. The molecule has 3 rings (SSSR count). The number of rotatable bonds is 7. The number of thioether (sulfide) groups is 1. The van der Waals surface area contributed by atoms with Crippen molar-refractivity contribution in [3.8, 4) is 11.6 Å². The fraction of sp³-hybridized carbons (Fsp3) is 0.278. The van der Waals surface area contributed by atoms with Gasteiger partial charge >= 0.3 is 0 Å². The summed E-state index contributed by atoms with van der Waals surface area (Å²) in [7, 11) is 0. The summed E-state index contributed by atoms with van der Waals surface area (Å²) in [6, 6.07) is 13.1. The summed E-state index contributed by atoms with van der Waals surface area (Å²) < 4.78 is 6.69. The topological polar surface area (TPSA) is 90.2 Å². The largest absolute Gasteiger partial charge is 0.461 e. The molecule has 136 valence electrons. The van der Waals surface area contributed by atoms with E-state index in [0.29, 0.717) is 29.8 Å². The van der Waals surface area contributed by atoms with E-state index in [2.05, 4.69) is 10.2 Å². The number of nitrogen functional groups attached to an aromatic ring is 1. The van der Waals surface area contributed by atoms with Gasteiger partial charge in [-0.05, 0) is 31.5 Å². The molecule has 7 nitrogen and oxygen atoms in total. The number of hydrogen-bond acceptors (Lipinski definition) is 6. The third-order valence-electron chi connectivity index (χ3n) is 4.03. The lowest BCUT2D eigenvalue weighted by molar-refractivity contribution is -0.130. The lowest BCUT2D eigenvalue weighted by Gasteiger charge is -2.24. The van der Waals surface area contributed by atoms with Crippen molar-refractivity contribution in [2.75, 3.05) is 18.9 Å². The van der Waals surface area contributed by atoms with Crippen LogP contribution in [0.25, 0.3) is 11.6 Å². The molecule has 1 aromatic carbocycles. The average molecular weight is 371 g/mol. The van der Waals surface area contributed by atoms with Gasteiger partial charge in [0, 0.05) is 13.1 Å². The Morgan fingerprint density at radius 3 is 2.54 bits per heavy atom. The zero-order valence-corrected chi connectivity index (χ0v) is 15.5. The predicted octanol–water partition coefficient (Wildman–Crippen LogP) is 2.95. The van der Waals surface area contributed by atoms with Gasteiger partial charge in [-0.3, -0.25) is 4.79 Å². The van der Waals surface area contributed by atoms with Gasteiger partial charge in [0.15, 0.2) is 5.76 Å². The summed E-state index contributed by atoms with van der Waals surface area (Å²) >= 11 is 1.29. The Kier molecular flexibility index (Phi) is 5.62. The van der Waals surface area contributed by atoms with E-state index in [1.807, 2.05) is 44.2 Å². The maximum atomic E-state index is 13.0. The van der Waals surface area contributed by atoms with Crippen LogP contribution in [0.4, 0.5) is 0 Å². The number of nitrogens with two attached hydrogens (primary N) is 1. The zero-order valence-electron chi connectivity index (χ0n) is 14.7.